The van der Waals surface area contributed by atoms with Crippen molar-refractivity contribution in [2.75, 3.05) is 25.9 Å². The van der Waals surface area contributed by atoms with Crippen molar-refractivity contribution < 1.29 is 13.2 Å². The van der Waals surface area contributed by atoms with Crippen LogP contribution in [-0.2, 0) is 22.1 Å². The van der Waals surface area contributed by atoms with Crippen molar-refractivity contribution in [3.63, 3.8) is 0 Å². The molecular weight excluding hydrogens is 386 g/mol. The van der Waals surface area contributed by atoms with Gasteiger partial charge in [-0.25, -0.2) is 13.2 Å². The third kappa shape index (κ3) is 6.71. The first-order valence-corrected chi connectivity index (χ1v) is 12.9. The van der Waals surface area contributed by atoms with Crippen LogP contribution in [0, 0.1) is 0 Å². The summed E-state index contributed by atoms with van der Waals surface area (Å²) >= 11 is 0. The number of carbonyl (C=O) groups is 1. The summed E-state index contributed by atoms with van der Waals surface area (Å²) < 4.78 is 22.7. The number of hydrogen-bond acceptors (Lipinski definition) is 4. The molecule has 0 aromatic heterocycles. The number of piperidine rings is 1. The molecule has 2 aliphatic rings. The minimum Gasteiger partial charge on any atom is -0.336 e. The summed E-state index contributed by atoms with van der Waals surface area (Å²) in [5.41, 5.74) is 1.85. The van der Waals surface area contributed by atoms with Gasteiger partial charge in [0, 0.05) is 24.9 Å². The second-order valence-corrected chi connectivity index (χ2v) is 10.9. The van der Waals surface area contributed by atoms with E-state index in [0.29, 0.717) is 13.1 Å². The van der Waals surface area contributed by atoms with Crippen molar-refractivity contribution in [2.24, 2.45) is 0 Å². The molecular formula is C22H35N3O3S. The zero-order chi connectivity index (χ0) is 20.7. The number of hydrogen-bond donors (Lipinski definition) is 2. The van der Waals surface area contributed by atoms with E-state index in [-0.39, 0.29) is 17.3 Å². The van der Waals surface area contributed by atoms with Crippen LogP contribution < -0.4 is 10.6 Å². The molecule has 0 atom stereocenters. The molecule has 1 saturated heterocycles. The summed E-state index contributed by atoms with van der Waals surface area (Å²) in [6.07, 6.45) is 11.2. The van der Waals surface area contributed by atoms with E-state index >= 15 is 0 Å². The van der Waals surface area contributed by atoms with E-state index in [1.54, 1.807) is 0 Å². The zero-order valence-electron chi connectivity index (χ0n) is 17.6. The van der Waals surface area contributed by atoms with Crippen LogP contribution in [0.4, 0.5) is 4.79 Å². The molecule has 1 aromatic carbocycles. The van der Waals surface area contributed by atoms with Gasteiger partial charge < -0.3 is 10.6 Å². The fourth-order valence-electron chi connectivity index (χ4n) is 4.73. The second kappa shape index (κ2) is 9.94. The van der Waals surface area contributed by atoms with Crippen LogP contribution in [0.1, 0.15) is 62.5 Å². The summed E-state index contributed by atoms with van der Waals surface area (Å²) in [6, 6.07) is 7.23. The first-order valence-electron chi connectivity index (χ1n) is 10.9. The highest BCUT2D eigenvalue weighted by molar-refractivity contribution is 7.89. The molecule has 1 aliphatic carbocycles. The first kappa shape index (κ1) is 22.1. The van der Waals surface area contributed by atoms with E-state index in [1.165, 1.54) is 57.6 Å². The van der Waals surface area contributed by atoms with E-state index in [2.05, 4.69) is 15.5 Å². The molecule has 6 nitrogen and oxygen atoms in total. The standard InChI is InChI=1S/C22H35N3O3S/c1-29(27,28)17-20-10-8-19(9-11-20)16-23-21(26)24-18-22(12-4-2-5-13-22)25-14-6-3-7-15-25/h8-11H,2-7,12-18H2,1H3,(H2,23,24,26). The minimum absolute atomic E-state index is 0.0414. The molecule has 2 N–H and O–H groups in total. The predicted molar refractivity (Wildman–Crippen MR) is 116 cm³/mol. The molecule has 7 heteroatoms. The highest BCUT2D eigenvalue weighted by Crippen LogP contribution is 2.35. The van der Waals surface area contributed by atoms with Gasteiger partial charge in [0.25, 0.3) is 0 Å². The fourth-order valence-corrected chi connectivity index (χ4v) is 5.53. The van der Waals surface area contributed by atoms with Crippen LogP contribution >= 0.6 is 0 Å². The number of urea groups is 1. The van der Waals surface area contributed by atoms with Gasteiger partial charge in [-0.1, -0.05) is 49.9 Å². The lowest BCUT2D eigenvalue weighted by Gasteiger charge is -2.48. The van der Waals surface area contributed by atoms with Gasteiger partial charge in [-0.2, -0.15) is 0 Å². The van der Waals surface area contributed by atoms with Crippen LogP contribution in [-0.4, -0.2) is 50.8 Å². The lowest BCUT2D eigenvalue weighted by atomic mass is 9.79. The molecule has 162 valence electrons. The summed E-state index contributed by atoms with van der Waals surface area (Å²) in [5, 5.41) is 6.07. The number of likely N-dealkylation sites (tertiary alicyclic amines) is 1. The van der Waals surface area contributed by atoms with E-state index < -0.39 is 9.84 Å². The van der Waals surface area contributed by atoms with Crippen LogP contribution in [0.25, 0.3) is 0 Å². The van der Waals surface area contributed by atoms with Gasteiger partial charge in [-0.3, -0.25) is 4.90 Å². The lowest BCUT2D eigenvalue weighted by Crippen LogP contribution is -2.58. The normalized spacial score (nSPS) is 20.2. The molecule has 1 aliphatic heterocycles. The number of benzene rings is 1. The maximum atomic E-state index is 12.4. The van der Waals surface area contributed by atoms with Crippen LogP contribution in [0.5, 0.6) is 0 Å². The molecule has 3 rings (SSSR count). The average Bonchev–Trinajstić information content (AvgIpc) is 2.72. The monoisotopic (exact) mass is 421 g/mol. The number of nitrogens with one attached hydrogen (secondary N) is 2. The van der Waals surface area contributed by atoms with Crippen LogP contribution in [0.3, 0.4) is 0 Å². The Kier molecular flexibility index (Phi) is 7.57. The van der Waals surface area contributed by atoms with Crippen LogP contribution in [0.15, 0.2) is 24.3 Å². The van der Waals surface area contributed by atoms with Crippen molar-refractivity contribution in [2.45, 2.75) is 69.2 Å². The summed E-state index contributed by atoms with van der Waals surface area (Å²) in [5.74, 6) is 0.0414. The molecule has 2 amide bonds. The van der Waals surface area contributed by atoms with Crippen molar-refractivity contribution in [3.05, 3.63) is 35.4 Å². The molecule has 1 aromatic rings. The van der Waals surface area contributed by atoms with Crippen LogP contribution in [0.2, 0.25) is 0 Å². The SMILES string of the molecule is CS(=O)(=O)Cc1ccc(CNC(=O)NCC2(N3CCCCC3)CCCCC2)cc1. The van der Waals surface area contributed by atoms with E-state index in [4.69, 9.17) is 0 Å². The van der Waals surface area contributed by atoms with E-state index in [0.717, 1.165) is 24.2 Å². The Morgan fingerprint density at radius 3 is 2.14 bits per heavy atom. The molecule has 29 heavy (non-hydrogen) atoms. The van der Waals surface area contributed by atoms with Gasteiger partial charge in [0.05, 0.1) is 5.75 Å². The molecule has 2 fully saturated rings. The number of rotatable bonds is 7. The number of amides is 2. The second-order valence-electron chi connectivity index (χ2n) is 8.76. The van der Waals surface area contributed by atoms with E-state index in [9.17, 15) is 13.2 Å². The molecule has 1 saturated carbocycles. The van der Waals surface area contributed by atoms with Crippen molar-refractivity contribution in [3.8, 4) is 0 Å². The fraction of sp³-hybridized carbons (Fsp3) is 0.682. The zero-order valence-corrected chi connectivity index (χ0v) is 18.4. The highest BCUT2D eigenvalue weighted by Gasteiger charge is 2.38. The first-order chi connectivity index (χ1) is 13.9. The topological polar surface area (TPSA) is 78.5 Å². The molecule has 0 unspecified atom stereocenters. The molecule has 0 radical (unpaired) electrons. The molecule has 1 heterocycles. The van der Waals surface area contributed by atoms with Gasteiger partial charge in [-0.15, -0.1) is 0 Å². The predicted octanol–water partition coefficient (Wildman–Crippen LogP) is 3.22. The number of sulfone groups is 1. The van der Waals surface area contributed by atoms with Gasteiger partial charge >= 0.3 is 6.03 Å². The Hall–Kier alpha value is -1.60. The third-order valence-electron chi connectivity index (χ3n) is 6.29. The van der Waals surface area contributed by atoms with Gasteiger partial charge in [0.15, 0.2) is 9.84 Å². The Bertz CT molecular complexity index is 765. The summed E-state index contributed by atoms with van der Waals surface area (Å²) in [4.78, 5) is 15.1. The molecule has 0 bridgehead atoms. The number of nitrogens with zero attached hydrogens (tertiary/aromatic N) is 1. The smallest absolute Gasteiger partial charge is 0.315 e. The maximum Gasteiger partial charge on any atom is 0.315 e. The van der Waals surface area contributed by atoms with Crippen molar-refractivity contribution >= 4 is 15.9 Å². The number of carbonyl (C=O) groups excluding carboxylic acids is 1. The Balaban J connectivity index is 1.49. The van der Waals surface area contributed by atoms with Gasteiger partial charge in [0.1, 0.15) is 0 Å². The largest absolute Gasteiger partial charge is 0.336 e. The van der Waals surface area contributed by atoms with Gasteiger partial charge in [0.2, 0.25) is 0 Å². The Morgan fingerprint density at radius 2 is 1.52 bits per heavy atom. The Labute approximate surface area is 175 Å². The van der Waals surface area contributed by atoms with Crippen molar-refractivity contribution in [1.29, 1.82) is 0 Å². The van der Waals surface area contributed by atoms with Gasteiger partial charge in [-0.05, 0) is 49.9 Å². The summed E-state index contributed by atoms with van der Waals surface area (Å²) in [7, 11) is -3.03. The molecule has 0 spiro atoms. The maximum absolute atomic E-state index is 12.4. The summed E-state index contributed by atoms with van der Waals surface area (Å²) in [6.45, 7) is 3.46. The third-order valence-corrected chi connectivity index (χ3v) is 7.15. The average molecular weight is 422 g/mol. The lowest BCUT2D eigenvalue weighted by molar-refractivity contribution is 0.0354. The van der Waals surface area contributed by atoms with Crippen molar-refractivity contribution in [1.82, 2.24) is 15.5 Å². The quantitative estimate of drug-likeness (QED) is 0.709. The Morgan fingerprint density at radius 1 is 0.931 bits per heavy atom. The highest BCUT2D eigenvalue weighted by atomic mass is 32.2. The van der Waals surface area contributed by atoms with E-state index in [1.807, 2.05) is 24.3 Å². The minimum atomic E-state index is -3.03.